The second-order valence-electron chi connectivity index (χ2n) is 5.77. The number of rotatable bonds is 6. The van der Waals surface area contributed by atoms with Gasteiger partial charge in [0.15, 0.2) is 0 Å². The van der Waals surface area contributed by atoms with Crippen LogP contribution in [0, 0.1) is 11.8 Å². The SMILES string of the molecule is COCC1CCCN(CCCC2CCNC2)C1. The zero-order valence-corrected chi connectivity index (χ0v) is 11.3. The van der Waals surface area contributed by atoms with Crippen LogP contribution >= 0.6 is 0 Å². The maximum atomic E-state index is 5.28. The number of nitrogens with zero attached hydrogens (tertiary/aromatic N) is 1. The van der Waals surface area contributed by atoms with E-state index in [9.17, 15) is 0 Å². The lowest BCUT2D eigenvalue weighted by molar-refractivity contribution is 0.0893. The molecule has 2 fully saturated rings. The Kier molecular flexibility index (Phi) is 5.75. The van der Waals surface area contributed by atoms with Gasteiger partial charge in [0, 0.05) is 13.7 Å². The van der Waals surface area contributed by atoms with Crippen LogP contribution in [-0.2, 0) is 4.74 Å². The Balaban J connectivity index is 1.58. The molecule has 1 N–H and O–H groups in total. The third-order valence-corrected chi connectivity index (χ3v) is 4.25. The van der Waals surface area contributed by atoms with Gasteiger partial charge in [-0.15, -0.1) is 0 Å². The Morgan fingerprint density at radius 3 is 3.00 bits per heavy atom. The first-order valence-electron chi connectivity index (χ1n) is 7.30. The van der Waals surface area contributed by atoms with E-state index in [4.69, 9.17) is 4.74 Å². The lowest BCUT2D eigenvalue weighted by atomic mass is 9.98. The highest BCUT2D eigenvalue weighted by Gasteiger charge is 2.20. The van der Waals surface area contributed by atoms with Gasteiger partial charge in [-0.05, 0) is 70.1 Å². The smallest absolute Gasteiger partial charge is 0.0502 e. The summed E-state index contributed by atoms with van der Waals surface area (Å²) in [4.78, 5) is 2.65. The van der Waals surface area contributed by atoms with E-state index >= 15 is 0 Å². The van der Waals surface area contributed by atoms with Gasteiger partial charge < -0.3 is 15.0 Å². The highest BCUT2D eigenvalue weighted by Crippen LogP contribution is 2.19. The molecule has 0 spiro atoms. The van der Waals surface area contributed by atoms with Gasteiger partial charge in [-0.3, -0.25) is 0 Å². The fourth-order valence-electron chi connectivity index (χ4n) is 3.29. The quantitative estimate of drug-likeness (QED) is 0.765. The van der Waals surface area contributed by atoms with Gasteiger partial charge in [0.25, 0.3) is 0 Å². The highest BCUT2D eigenvalue weighted by molar-refractivity contribution is 4.75. The van der Waals surface area contributed by atoms with Crippen LogP contribution in [-0.4, -0.2) is 51.3 Å². The average molecular weight is 240 g/mol. The summed E-state index contributed by atoms with van der Waals surface area (Å²) in [6, 6.07) is 0. The van der Waals surface area contributed by atoms with Crippen molar-refractivity contribution in [3.8, 4) is 0 Å². The van der Waals surface area contributed by atoms with Gasteiger partial charge >= 0.3 is 0 Å². The molecule has 2 atom stereocenters. The molecule has 0 aromatic rings. The number of ether oxygens (including phenoxy) is 1. The van der Waals surface area contributed by atoms with Crippen molar-refractivity contribution in [2.75, 3.05) is 46.4 Å². The van der Waals surface area contributed by atoms with Gasteiger partial charge in [0.2, 0.25) is 0 Å². The van der Waals surface area contributed by atoms with Gasteiger partial charge in [-0.2, -0.15) is 0 Å². The van der Waals surface area contributed by atoms with E-state index in [0.717, 1.165) is 18.4 Å². The van der Waals surface area contributed by atoms with E-state index in [-0.39, 0.29) is 0 Å². The first-order chi connectivity index (χ1) is 8.38. The van der Waals surface area contributed by atoms with Crippen LogP contribution in [0.2, 0.25) is 0 Å². The van der Waals surface area contributed by atoms with Crippen LogP contribution in [0.3, 0.4) is 0 Å². The summed E-state index contributed by atoms with van der Waals surface area (Å²) < 4.78 is 5.28. The van der Waals surface area contributed by atoms with Gasteiger partial charge in [-0.1, -0.05) is 0 Å². The van der Waals surface area contributed by atoms with E-state index in [1.807, 2.05) is 7.11 Å². The van der Waals surface area contributed by atoms with Crippen LogP contribution in [0.15, 0.2) is 0 Å². The van der Waals surface area contributed by atoms with E-state index in [0.29, 0.717) is 0 Å². The van der Waals surface area contributed by atoms with Crippen molar-refractivity contribution in [3.63, 3.8) is 0 Å². The molecule has 0 aliphatic carbocycles. The molecule has 2 heterocycles. The summed E-state index contributed by atoms with van der Waals surface area (Å²) in [5.41, 5.74) is 0. The Hall–Kier alpha value is -0.120. The number of methoxy groups -OCH3 is 1. The molecule has 17 heavy (non-hydrogen) atoms. The molecular formula is C14H28N2O. The van der Waals surface area contributed by atoms with Crippen molar-refractivity contribution in [1.82, 2.24) is 10.2 Å². The summed E-state index contributed by atoms with van der Waals surface area (Å²) >= 11 is 0. The minimum atomic E-state index is 0.780. The molecule has 2 saturated heterocycles. The fourth-order valence-corrected chi connectivity index (χ4v) is 3.29. The summed E-state index contributed by atoms with van der Waals surface area (Å²) in [6.45, 7) is 7.32. The van der Waals surface area contributed by atoms with Crippen LogP contribution < -0.4 is 5.32 Å². The zero-order valence-electron chi connectivity index (χ0n) is 11.3. The molecule has 0 amide bonds. The lowest BCUT2D eigenvalue weighted by Crippen LogP contribution is -2.37. The number of piperidine rings is 1. The maximum Gasteiger partial charge on any atom is 0.0502 e. The van der Waals surface area contributed by atoms with E-state index in [2.05, 4.69) is 10.2 Å². The van der Waals surface area contributed by atoms with Crippen molar-refractivity contribution in [2.45, 2.75) is 32.1 Å². The van der Waals surface area contributed by atoms with Crippen molar-refractivity contribution in [2.24, 2.45) is 11.8 Å². The fraction of sp³-hybridized carbons (Fsp3) is 1.00. The van der Waals surface area contributed by atoms with E-state index in [1.165, 1.54) is 64.8 Å². The van der Waals surface area contributed by atoms with Crippen LogP contribution in [0.4, 0.5) is 0 Å². The molecule has 3 nitrogen and oxygen atoms in total. The van der Waals surface area contributed by atoms with Crippen LogP contribution in [0.25, 0.3) is 0 Å². The number of hydrogen-bond acceptors (Lipinski definition) is 3. The second-order valence-corrected chi connectivity index (χ2v) is 5.77. The number of hydrogen-bond donors (Lipinski definition) is 1. The predicted molar refractivity (Wildman–Crippen MR) is 71.3 cm³/mol. The summed E-state index contributed by atoms with van der Waals surface area (Å²) in [7, 11) is 1.83. The maximum absolute atomic E-state index is 5.28. The molecule has 3 heteroatoms. The molecule has 2 aliphatic heterocycles. The third kappa shape index (κ3) is 4.57. The summed E-state index contributed by atoms with van der Waals surface area (Å²) in [5, 5.41) is 3.45. The molecule has 2 aliphatic rings. The minimum Gasteiger partial charge on any atom is -0.384 e. The van der Waals surface area contributed by atoms with Crippen molar-refractivity contribution < 1.29 is 4.74 Å². The molecule has 0 radical (unpaired) electrons. The Morgan fingerprint density at radius 2 is 2.24 bits per heavy atom. The van der Waals surface area contributed by atoms with Crippen LogP contribution in [0.5, 0.6) is 0 Å². The Bertz CT molecular complexity index is 202. The molecule has 0 aromatic carbocycles. The lowest BCUT2D eigenvalue weighted by Gasteiger charge is -2.32. The van der Waals surface area contributed by atoms with Crippen LogP contribution in [0.1, 0.15) is 32.1 Å². The average Bonchev–Trinajstić information content (AvgIpc) is 2.83. The standard InChI is InChI=1S/C14H28N2O/c1-17-12-14-5-3-9-16(11-14)8-2-4-13-6-7-15-10-13/h13-15H,2-12H2,1H3. The minimum absolute atomic E-state index is 0.780. The molecule has 0 bridgehead atoms. The first-order valence-corrected chi connectivity index (χ1v) is 7.30. The van der Waals surface area contributed by atoms with Crippen molar-refractivity contribution in [3.05, 3.63) is 0 Å². The zero-order chi connectivity index (χ0) is 11.9. The largest absolute Gasteiger partial charge is 0.384 e. The molecule has 2 rings (SSSR count). The summed E-state index contributed by atoms with van der Waals surface area (Å²) in [6.07, 6.45) is 6.91. The van der Waals surface area contributed by atoms with Gasteiger partial charge in [0.05, 0.1) is 6.61 Å². The molecule has 0 aromatic heterocycles. The molecular weight excluding hydrogens is 212 g/mol. The number of likely N-dealkylation sites (tertiary alicyclic amines) is 1. The predicted octanol–water partition coefficient (Wildman–Crippen LogP) is 1.73. The number of nitrogens with one attached hydrogen (secondary N) is 1. The molecule has 100 valence electrons. The third-order valence-electron chi connectivity index (χ3n) is 4.25. The van der Waals surface area contributed by atoms with Crippen molar-refractivity contribution >= 4 is 0 Å². The van der Waals surface area contributed by atoms with E-state index < -0.39 is 0 Å². The topological polar surface area (TPSA) is 24.5 Å². The first kappa shape index (κ1) is 13.3. The normalized spacial score (nSPS) is 30.9. The van der Waals surface area contributed by atoms with Gasteiger partial charge in [0.1, 0.15) is 0 Å². The van der Waals surface area contributed by atoms with Gasteiger partial charge in [-0.25, -0.2) is 0 Å². The van der Waals surface area contributed by atoms with E-state index in [1.54, 1.807) is 0 Å². The summed E-state index contributed by atoms with van der Waals surface area (Å²) in [5.74, 6) is 1.73. The molecule has 0 saturated carbocycles. The molecule has 2 unspecified atom stereocenters. The second kappa shape index (κ2) is 7.34. The highest BCUT2D eigenvalue weighted by atomic mass is 16.5. The monoisotopic (exact) mass is 240 g/mol. The van der Waals surface area contributed by atoms with Crippen molar-refractivity contribution in [1.29, 1.82) is 0 Å². The Labute approximate surface area is 106 Å². The Morgan fingerprint density at radius 1 is 1.29 bits per heavy atom.